The Balaban J connectivity index is 1.44. The second-order valence-corrected chi connectivity index (χ2v) is 6.61. The second kappa shape index (κ2) is 6.12. The van der Waals surface area contributed by atoms with Gasteiger partial charge in [-0.2, -0.15) is 0 Å². The third-order valence-electron chi connectivity index (χ3n) is 4.99. The van der Waals surface area contributed by atoms with Crippen molar-refractivity contribution in [2.75, 3.05) is 0 Å². The Labute approximate surface area is 116 Å². The summed E-state index contributed by atoms with van der Waals surface area (Å²) in [5.41, 5.74) is 0. The van der Waals surface area contributed by atoms with E-state index in [1.807, 2.05) is 0 Å². The maximum atomic E-state index is 12.1. The predicted octanol–water partition coefficient (Wildman–Crippen LogP) is 2.29. The van der Waals surface area contributed by atoms with E-state index in [4.69, 9.17) is 0 Å². The zero-order chi connectivity index (χ0) is 13.1. The summed E-state index contributed by atoms with van der Waals surface area (Å²) >= 11 is 0. The van der Waals surface area contributed by atoms with Crippen LogP contribution < -0.4 is 16.0 Å². The quantitative estimate of drug-likeness (QED) is 0.717. The summed E-state index contributed by atoms with van der Waals surface area (Å²) in [7, 11) is 0. The average Bonchev–Trinajstić information content (AvgIpc) is 2.39. The number of hydrogen-bond donors (Lipinski definition) is 3. The van der Waals surface area contributed by atoms with E-state index in [-0.39, 0.29) is 6.03 Å². The predicted molar refractivity (Wildman–Crippen MR) is 76.1 cm³/mol. The van der Waals surface area contributed by atoms with E-state index >= 15 is 0 Å². The summed E-state index contributed by atoms with van der Waals surface area (Å²) in [6.07, 6.45) is 12.3. The Hall–Kier alpha value is -0.770. The molecule has 108 valence electrons. The normalized spacial score (nSPS) is 35.7. The van der Waals surface area contributed by atoms with E-state index in [0.717, 1.165) is 25.7 Å². The molecule has 3 fully saturated rings. The number of nitrogens with one attached hydrogen (secondary N) is 3. The first-order valence-corrected chi connectivity index (χ1v) is 8.12. The number of rotatable bonds is 2. The van der Waals surface area contributed by atoms with Crippen LogP contribution in [0.25, 0.3) is 0 Å². The van der Waals surface area contributed by atoms with E-state index < -0.39 is 0 Å². The number of piperidine rings is 2. The third-order valence-corrected chi connectivity index (χ3v) is 4.99. The highest BCUT2D eigenvalue weighted by molar-refractivity contribution is 5.74. The van der Waals surface area contributed by atoms with Crippen LogP contribution in [-0.4, -0.2) is 30.2 Å². The lowest BCUT2D eigenvalue weighted by Crippen LogP contribution is -2.56. The van der Waals surface area contributed by atoms with Crippen LogP contribution in [-0.2, 0) is 0 Å². The van der Waals surface area contributed by atoms with Gasteiger partial charge in [-0.05, 0) is 38.5 Å². The van der Waals surface area contributed by atoms with Crippen LogP contribution in [0.2, 0.25) is 0 Å². The van der Waals surface area contributed by atoms with Gasteiger partial charge in [-0.3, -0.25) is 0 Å². The first-order chi connectivity index (χ1) is 9.29. The smallest absolute Gasteiger partial charge is 0.315 e. The SMILES string of the molecule is O=C(NC1CCCCC1)NC1CC2CCCC(C1)N2. The molecule has 2 bridgehead atoms. The van der Waals surface area contributed by atoms with Crippen molar-refractivity contribution >= 4 is 6.03 Å². The Morgan fingerprint density at radius 1 is 0.789 bits per heavy atom. The van der Waals surface area contributed by atoms with Crippen LogP contribution in [0.1, 0.15) is 64.2 Å². The lowest BCUT2D eigenvalue weighted by Gasteiger charge is -2.40. The first-order valence-electron chi connectivity index (χ1n) is 8.12. The van der Waals surface area contributed by atoms with Gasteiger partial charge in [-0.25, -0.2) is 4.79 Å². The van der Waals surface area contributed by atoms with Crippen molar-refractivity contribution in [2.24, 2.45) is 0 Å². The molecular formula is C15H27N3O. The summed E-state index contributed by atoms with van der Waals surface area (Å²) in [5.74, 6) is 0. The van der Waals surface area contributed by atoms with E-state index in [1.165, 1.54) is 38.5 Å². The lowest BCUT2D eigenvalue weighted by atomic mass is 9.84. The molecule has 2 heterocycles. The van der Waals surface area contributed by atoms with Gasteiger partial charge in [0.25, 0.3) is 0 Å². The van der Waals surface area contributed by atoms with Crippen LogP contribution in [0.5, 0.6) is 0 Å². The van der Waals surface area contributed by atoms with E-state index in [2.05, 4.69) is 16.0 Å². The molecular weight excluding hydrogens is 238 g/mol. The van der Waals surface area contributed by atoms with Gasteiger partial charge in [0.1, 0.15) is 0 Å². The Morgan fingerprint density at radius 3 is 2.11 bits per heavy atom. The number of fused-ring (bicyclic) bond motifs is 2. The molecule has 1 saturated carbocycles. The molecule has 2 unspecified atom stereocenters. The lowest BCUT2D eigenvalue weighted by molar-refractivity contribution is 0.192. The van der Waals surface area contributed by atoms with E-state index in [1.54, 1.807) is 0 Å². The highest BCUT2D eigenvalue weighted by Gasteiger charge is 2.32. The number of carbonyl (C=O) groups is 1. The molecule has 0 radical (unpaired) electrons. The summed E-state index contributed by atoms with van der Waals surface area (Å²) in [4.78, 5) is 12.1. The third kappa shape index (κ3) is 3.62. The van der Waals surface area contributed by atoms with Gasteiger partial charge in [0.15, 0.2) is 0 Å². The maximum absolute atomic E-state index is 12.1. The van der Waals surface area contributed by atoms with Crippen molar-refractivity contribution in [3.63, 3.8) is 0 Å². The van der Waals surface area contributed by atoms with Gasteiger partial charge in [0, 0.05) is 24.2 Å². The molecule has 4 nitrogen and oxygen atoms in total. The van der Waals surface area contributed by atoms with Gasteiger partial charge < -0.3 is 16.0 Å². The topological polar surface area (TPSA) is 53.2 Å². The molecule has 0 aromatic rings. The number of hydrogen-bond acceptors (Lipinski definition) is 2. The van der Waals surface area contributed by atoms with Crippen molar-refractivity contribution in [1.29, 1.82) is 0 Å². The van der Waals surface area contributed by atoms with Crippen molar-refractivity contribution in [2.45, 2.75) is 88.4 Å². The zero-order valence-corrected chi connectivity index (χ0v) is 11.8. The van der Waals surface area contributed by atoms with Gasteiger partial charge in [0.05, 0.1) is 0 Å². The minimum Gasteiger partial charge on any atom is -0.335 e. The summed E-state index contributed by atoms with van der Waals surface area (Å²) in [6, 6.07) is 2.12. The Bertz CT molecular complexity index is 303. The molecule has 3 rings (SSSR count). The molecule has 2 saturated heterocycles. The van der Waals surface area contributed by atoms with Crippen LogP contribution in [0.15, 0.2) is 0 Å². The Morgan fingerprint density at radius 2 is 1.42 bits per heavy atom. The molecule has 2 aliphatic heterocycles. The van der Waals surface area contributed by atoms with Crippen LogP contribution in [0, 0.1) is 0 Å². The molecule has 0 aromatic heterocycles. The fourth-order valence-electron chi connectivity index (χ4n) is 4.04. The van der Waals surface area contributed by atoms with Crippen LogP contribution >= 0.6 is 0 Å². The molecule has 2 amide bonds. The molecule has 0 aromatic carbocycles. The Kier molecular flexibility index (Phi) is 4.26. The van der Waals surface area contributed by atoms with Gasteiger partial charge >= 0.3 is 6.03 Å². The molecule has 3 aliphatic rings. The molecule has 1 aliphatic carbocycles. The van der Waals surface area contributed by atoms with Crippen molar-refractivity contribution < 1.29 is 4.79 Å². The minimum absolute atomic E-state index is 0.0665. The van der Waals surface area contributed by atoms with Crippen molar-refractivity contribution in [3.8, 4) is 0 Å². The molecule has 0 spiro atoms. The highest BCUT2D eigenvalue weighted by Crippen LogP contribution is 2.25. The minimum atomic E-state index is 0.0665. The monoisotopic (exact) mass is 265 g/mol. The van der Waals surface area contributed by atoms with E-state index in [0.29, 0.717) is 24.2 Å². The largest absolute Gasteiger partial charge is 0.335 e. The maximum Gasteiger partial charge on any atom is 0.315 e. The average molecular weight is 265 g/mol. The summed E-state index contributed by atoms with van der Waals surface area (Å²) < 4.78 is 0. The molecule has 4 heteroatoms. The number of amides is 2. The molecule has 3 N–H and O–H groups in total. The molecule has 19 heavy (non-hydrogen) atoms. The highest BCUT2D eigenvalue weighted by atomic mass is 16.2. The van der Waals surface area contributed by atoms with Crippen molar-refractivity contribution in [1.82, 2.24) is 16.0 Å². The standard InChI is InChI=1S/C15H27N3O/c19-15(17-11-5-2-1-3-6-11)18-14-9-12-7-4-8-13(10-14)16-12/h11-14,16H,1-10H2,(H2,17,18,19). The van der Waals surface area contributed by atoms with Crippen LogP contribution in [0.3, 0.4) is 0 Å². The fourth-order valence-corrected chi connectivity index (χ4v) is 4.04. The zero-order valence-electron chi connectivity index (χ0n) is 11.8. The van der Waals surface area contributed by atoms with Crippen LogP contribution in [0.4, 0.5) is 4.79 Å². The van der Waals surface area contributed by atoms with Gasteiger partial charge in [-0.1, -0.05) is 25.7 Å². The summed E-state index contributed by atoms with van der Waals surface area (Å²) in [6.45, 7) is 0. The summed E-state index contributed by atoms with van der Waals surface area (Å²) in [5, 5.41) is 10.0. The van der Waals surface area contributed by atoms with E-state index in [9.17, 15) is 4.79 Å². The first kappa shape index (κ1) is 13.2. The molecule has 2 atom stereocenters. The number of urea groups is 1. The number of carbonyl (C=O) groups excluding carboxylic acids is 1. The van der Waals surface area contributed by atoms with Gasteiger partial charge in [0.2, 0.25) is 0 Å². The van der Waals surface area contributed by atoms with Gasteiger partial charge in [-0.15, -0.1) is 0 Å². The fraction of sp³-hybridized carbons (Fsp3) is 0.933. The second-order valence-electron chi connectivity index (χ2n) is 6.61. The van der Waals surface area contributed by atoms with Crippen molar-refractivity contribution in [3.05, 3.63) is 0 Å².